The van der Waals surface area contributed by atoms with Gasteiger partial charge in [0, 0.05) is 0 Å². The third-order valence-electron chi connectivity index (χ3n) is 1.43. The van der Waals surface area contributed by atoms with Crippen LogP contribution in [0.2, 0.25) is 0 Å². The third-order valence-corrected chi connectivity index (χ3v) is 1.43. The SMILES string of the molecule is CC#CC(F)(F)C(F)(F)C(F)(F)C(F)(F)F. The standard InChI is InChI=1S/C7H3F9/c1-2-3-4(8,9)5(10,11)6(12,13)7(14,15)16/h1H3. The van der Waals surface area contributed by atoms with Gasteiger partial charge in [0.15, 0.2) is 0 Å². The normalized spacial score (nSPS) is 14.4. The Kier molecular flexibility index (Phi) is 3.50. The Labute approximate surface area is 83.4 Å². The molecule has 0 aromatic heterocycles. The van der Waals surface area contributed by atoms with Gasteiger partial charge in [-0.15, -0.1) is 5.92 Å². The van der Waals surface area contributed by atoms with Crippen molar-refractivity contribution in [1.82, 2.24) is 0 Å². The van der Waals surface area contributed by atoms with Gasteiger partial charge in [-0.05, 0) is 12.8 Å². The molecule has 0 atom stereocenters. The summed E-state index contributed by atoms with van der Waals surface area (Å²) in [5, 5.41) is 0. The highest BCUT2D eigenvalue weighted by Crippen LogP contribution is 2.52. The molecule has 0 aliphatic heterocycles. The molecule has 0 saturated carbocycles. The van der Waals surface area contributed by atoms with Gasteiger partial charge in [0.05, 0.1) is 0 Å². The maximum Gasteiger partial charge on any atom is 0.460 e. The lowest BCUT2D eigenvalue weighted by molar-refractivity contribution is -0.386. The van der Waals surface area contributed by atoms with E-state index < -0.39 is 23.9 Å². The highest BCUT2D eigenvalue weighted by molar-refractivity contribution is 5.17. The predicted molar refractivity (Wildman–Crippen MR) is 34.3 cm³/mol. The van der Waals surface area contributed by atoms with Crippen molar-refractivity contribution in [2.75, 3.05) is 0 Å². The average Bonchev–Trinajstić information content (AvgIpc) is 2.01. The minimum Gasteiger partial charge on any atom is -0.191 e. The van der Waals surface area contributed by atoms with Gasteiger partial charge in [0.2, 0.25) is 0 Å². The molecule has 0 fully saturated rings. The van der Waals surface area contributed by atoms with Crippen LogP contribution >= 0.6 is 0 Å². The van der Waals surface area contributed by atoms with Crippen molar-refractivity contribution in [2.24, 2.45) is 0 Å². The quantitative estimate of drug-likeness (QED) is 0.525. The van der Waals surface area contributed by atoms with E-state index in [4.69, 9.17) is 0 Å². The van der Waals surface area contributed by atoms with Crippen molar-refractivity contribution >= 4 is 0 Å². The van der Waals surface area contributed by atoms with Crippen molar-refractivity contribution in [3.63, 3.8) is 0 Å². The lowest BCUT2D eigenvalue weighted by atomic mass is 10.0. The third kappa shape index (κ3) is 2.05. The summed E-state index contributed by atoms with van der Waals surface area (Å²) in [6, 6.07) is 0. The summed E-state index contributed by atoms with van der Waals surface area (Å²) in [6.45, 7) is 0.593. The topological polar surface area (TPSA) is 0 Å². The molecule has 0 aromatic carbocycles. The van der Waals surface area contributed by atoms with Gasteiger partial charge < -0.3 is 0 Å². The zero-order chi connectivity index (χ0) is 13.4. The summed E-state index contributed by atoms with van der Waals surface area (Å²) in [7, 11) is 0. The second-order valence-corrected chi connectivity index (χ2v) is 2.60. The summed E-state index contributed by atoms with van der Waals surface area (Å²) in [6.07, 6.45) is -6.80. The fraction of sp³-hybridized carbons (Fsp3) is 0.714. The molecule has 9 heteroatoms. The Bertz CT molecular complexity index is 313. The Morgan fingerprint density at radius 3 is 1.31 bits per heavy atom. The van der Waals surface area contributed by atoms with E-state index in [9.17, 15) is 39.5 Å². The number of alkyl halides is 9. The molecule has 0 radical (unpaired) electrons. The van der Waals surface area contributed by atoms with Crippen LogP contribution in [0.15, 0.2) is 0 Å². The monoisotopic (exact) mass is 258 g/mol. The molecule has 16 heavy (non-hydrogen) atoms. The molecule has 0 rings (SSSR count). The van der Waals surface area contributed by atoms with Crippen LogP contribution in [0.3, 0.4) is 0 Å². The first-order valence-corrected chi connectivity index (χ1v) is 3.45. The first kappa shape index (κ1) is 14.9. The van der Waals surface area contributed by atoms with Crippen LogP contribution in [0.4, 0.5) is 39.5 Å². The molecule has 0 aromatic rings. The molecule has 0 bridgehead atoms. The van der Waals surface area contributed by atoms with Crippen molar-refractivity contribution < 1.29 is 39.5 Å². The molecule has 0 aliphatic rings. The van der Waals surface area contributed by atoms with E-state index in [1.165, 1.54) is 0 Å². The first-order valence-electron chi connectivity index (χ1n) is 3.45. The average molecular weight is 258 g/mol. The Balaban J connectivity index is 5.58. The molecule has 94 valence electrons. The van der Waals surface area contributed by atoms with E-state index in [1.54, 1.807) is 0 Å². The molecule has 0 unspecified atom stereocenters. The maximum absolute atomic E-state index is 12.3. The summed E-state index contributed by atoms with van der Waals surface area (Å²) in [5.41, 5.74) is 0. The second kappa shape index (κ2) is 3.75. The van der Waals surface area contributed by atoms with Crippen LogP contribution in [-0.2, 0) is 0 Å². The zero-order valence-corrected chi connectivity index (χ0v) is 7.40. The van der Waals surface area contributed by atoms with E-state index in [0.717, 1.165) is 5.92 Å². The van der Waals surface area contributed by atoms with Crippen molar-refractivity contribution in [3.8, 4) is 11.8 Å². The van der Waals surface area contributed by atoms with Crippen molar-refractivity contribution in [3.05, 3.63) is 0 Å². The van der Waals surface area contributed by atoms with Crippen LogP contribution in [0.25, 0.3) is 0 Å². The largest absolute Gasteiger partial charge is 0.460 e. The molecule has 0 saturated heterocycles. The summed E-state index contributed by atoms with van der Waals surface area (Å²) in [5.74, 6) is -17.8. The zero-order valence-electron chi connectivity index (χ0n) is 7.40. The number of hydrogen-bond donors (Lipinski definition) is 0. The van der Waals surface area contributed by atoms with Gasteiger partial charge in [0.1, 0.15) is 0 Å². The Morgan fingerprint density at radius 2 is 1.06 bits per heavy atom. The summed E-state index contributed by atoms with van der Waals surface area (Å²) in [4.78, 5) is 0. The van der Waals surface area contributed by atoms with Gasteiger partial charge in [0.25, 0.3) is 0 Å². The molecule has 0 nitrogen and oxygen atoms in total. The fourth-order valence-corrected chi connectivity index (χ4v) is 0.611. The highest BCUT2D eigenvalue weighted by atomic mass is 19.4. The molecule has 0 N–H and O–H groups in total. The smallest absolute Gasteiger partial charge is 0.191 e. The molecule has 0 amide bonds. The Hall–Kier alpha value is -1.07. The van der Waals surface area contributed by atoms with Crippen LogP contribution in [0.1, 0.15) is 6.92 Å². The van der Waals surface area contributed by atoms with Gasteiger partial charge in [-0.1, -0.05) is 0 Å². The number of rotatable bonds is 2. The maximum atomic E-state index is 12.3. The minimum absolute atomic E-state index is 0.327. The van der Waals surface area contributed by atoms with E-state index >= 15 is 0 Å². The van der Waals surface area contributed by atoms with E-state index in [1.807, 2.05) is 0 Å². The van der Waals surface area contributed by atoms with E-state index in [2.05, 4.69) is 0 Å². The van der Waals surface area contributed by atoms with Gasteiger partial charge in [-0.3, -0.25) is 0 Å². The van der Waals surface area contributed by atoms with Crippen LogP contribution in [0, 0.1) is 11.8 Å². The minimum atomic E-state index is -6.87. The Morgan fingerprint density at radius 1 is 0.688 bits per heavy atom. The molecule has 0 aliphatic carbocycles. The molecular formula is C7H3F9. The van der Waals surface area contributed by atoms with Crippen molar-refractivity contribution in [2.45, 2.75) is 30.9 Å². The lowest BCUT2D eigenvalue weighted by Gasteiger charge is -2.30. The van der Waals surface area contributed by atoms with Crippen LogP contribution in [0.5, 0.6) is 0 Å². The van der Waals surface area contributed by atoms with Gasteiger partial charge in [-0.2, -0.15) is 39.5 Å². The second-order valence-electron chi connectivity index (χ2n) is 2.60. The van der Waals surface area contributed by atoms with Crippen molar-refractivity contribution in [1.29, 1.82) is 0 Å². The molecule has 0 spiro atoms. The first-order chi connectivity index (χ1) is 6.81. The fourth-order valence-electron chi connectivity index (χ4n) is 0.611. The van der Waals surface area contributed by atoms with Crippen LogP contribution < -0.4 is 0 Å². The van der Waals surface area contributed by atoms with Crippen LogP contribution in [-0.4, -0.2) is 23.9 Å². The lowest BCUT2D eigenvalue weighted by Crippen LogP contribution is -2.60. The van der Waals surface area contributed by atoms with Gasteiger partial charge >= 0.3 is 23.9 Å². The molecular weight excluding hydrogens is 255 g/mol. The summed E-state index contributed by atoms with van der Waals surface area (Å²) >= 11 is 0. The molecule has 0 heterocycles. The highest BCUT2D eigenvalue weighted by Gasteiger charge is 2.81. The van der Waals surface area contributed by atoms with E-state index in [-0.39, 0.29) is 0 Å². The number of halogens is 9. The predicted octanol–water partition coefficient (Wildman–Crippen LogP) is 3.48. The van der Waals surface area contributed by atoms with E-state index in [0.29, 0.717) is 12.8 Å². The van der Waals surface area contributed by atoms with Gasteiger partial charge in [-0.25, -0.2) is 0 Å². The summed E-state index contributed by atoms with van der Waals surface area (Å²) < 4.78 is 108. The number of hydrogen-bond acceptors (Lipinski definition) is 0.